The molecule has 0 radical (unpaired) electrons. The Bertz CT molecular complexity index is 1330. The number of likely N-dealkylation sites (N-methyl/N-ethyl adjacent to an activating group) is 1. The molecule has 0 aliphatic carbocycles. The lowest BCUT2D eigenvalue weighted by molar-refractivity contribution is -0.274. The van der Waals surface area contributed by atoms with Crippen molar-refractivity contribution >= 4 is 23.2 Å². The number of rotatable bonds is 7. The molecule has 206 valence electrons. The molecular weight excluding hydrogens is 518 g/mol. The number of pyridine rings is 1. The van der Waals surface area contributed by atoms with Crippen molar-refractivity contribution in [2.24, 2.45) is 0 Å². The van der Waals surface area contributed by atoms with Gasteiger partial charge in [-0.05, 0) is 50.4 Å². The Kier molecular flexibility index (Phi) is 8.46. The smallest absolute Gasteiger partial charge is 0.406 e. The van der Waals surface area contributed by atoms with Crippen LogP contribution in [-0.4, -0.2) is 72.2 Å². The molecule has 2 heterocycles. The van der Waals surface area contributed by atoms with Crippen molar-refractivity contribution in [3.63, 3.8) is 0 Å². The van der Waals surface area contributed by atoms with Crippen molar-refractivity contribution in [2.75, 3.05) is 43.9 Å². The number of ether oxygens (including phenoxy) is 1. The highest BCUT2D eigenvalue weighted by Gasteiger charge is 2.32. The Labute approximate surface area is 222 Å². The zero-order valence-corrected chi connectivity index (χ0v) is 21.3. The molecule has 39 heavy (non-hydrogen) atoms. The molecule has 1 aliphatic heterocycles. The molecule has 3 aromatic rings. The van der Waals surface area contributed by atoms with Crippen LogP contribution < -0.4 is 15.4 Å². The molecule has 1 atom stereocenters. The van der Waals surface area contributed by atoms with Gasteiger partial charge in [-0.1, -0.05) is 12.1 Å². The number of anilines is 2. The molecule has 0 bridgehead atoms. The second kappa shape index (κ2) is 11.8. The van der Waals surface area contributed by atoms with Crippen LogP contribution in [0.1, 0.15) is 17.3 Å². The molecule has 2 aromatic carbocycles. The second-order valence-corrected chi connectivity index (χ2v) is 9.13. The molecular formula is C27H27F4N5O3. The number of piperazine rings is 1. The van der Waals surface area contributed by atoms with Gasteiger partial charge >= 0.3 is 6.36 Å². The van der Waals surface area contributed by atoms with Gasteiger partial charge in [-0.25, -0.2) is 4.39 Å². The molecule has 0 unspecified atom stereocenters. The zero-order chi connectivity index (χ0) is 28.2. The van der Waals surface area contributed by atoms with Crippen LogP contribution in [-0.2, 0) is 4.79 Å². The van der Waals surface area contributed by atoms with Crippen LogP contribution in [0.25, 0.3) is 11.3 Å². The van der Waals surface area contributed by atoms with Crippen LogP contribution in [0.2, 0.25) is 0 Å². The van der Waals surface area contributed by atoms with E-state index < -0.39 is 35.8 Å². The van der Waals surface area contributed by atoms with E-state index in [1.165, 1.54) is 24.4 Å². The van der Waals surface area contributed by atoms with Gasteiger partial charge in [-0.2, -0.15) is 0 Å². The van der Waals surface area contributed by atoms with Crippen LogP contribution in [0.15, 0.2) is 60.8 Å². The maximum Gasteiger partial charge on any atom is 0.573 e. The number of benzene rings is 2. The maximum absolute atomic E-state index is 14.1. The lowest BCUT2D eigenvalue weighted by Gasteiger charge is -2.35. The van der Waals surface area contributed by atoms with Gasteiger partial charge in [-0.3, -0.25) is 19.5 Å². The number of nitrogens with zero attached hydrogens (tertiary/aromatic N) is 3. The van der Waals surface area contributed by atoms with Crippen LogP contribution in [0.3, 0.4) is 0 Å². The average Bonchev–Trinajstić information content (AvgIpc) is 2.89. The van der Waals surface area contributed by atoms with E-state index in [0.29, 0.717) is 18.8 Å². The molecule has 8 nitrogen and oxygen atoms in total. The molecule has 2 amide bonds. The Hall–Kier alpha value is -4.03. The highest BCUT2D eigenvalue weighted by Crippen LogP contribution is 2.29. The molecule has 12 heteroatoms. The standard InChI is InChI=1S/C27H27F4N5O3/c1-17(36-13-11-35(2)12-14-36)25(37)34-24-15-19(39-27(29,30)31)8-9-21(24)26(38)33-18-7-10-23(32-16-18)20-5-3-4-6-22(20)28/h3-10,15-17H,11-14H2,1-2H3,(H,33,38)(H,34,37)/t17-/m1/s1. The SMILES string of the molecule is C[C@H](C(=O)Nc1cc(OC(F)(F)F)ccc1C(=O)Nc1ccc(-c2ccccc2F)nc1)N1CCN(C)CC1. The fourth-order valence-electron chi connectivity index (χ4n) is 4.13. The van der Waals surface area contributed by atoms with Crippen molar-refractivity contribution in [1.82, 2.24) is 14.8 Å². The lowest BCUT2D eigenvalue weighted by atomic mass is 10.1. The number of alkyl halides is 3. The Morgan fingerprint density at radius 3 is 2.36 bits per heavy atom. The first kappa shape index (κ1) is 28.0. The third-order valence-electron chi connectivity index (χ3n) is 6.36. The van der Waals surface area contributed by atoms with Crippen molar-refractivity contribution < 1.29 is 31.9 Å². The van der Waals surface area contributed by atoms with Crippen molar-refractivity contribution in [3.05, 3.63) is 72.2 Å². The predicted molar refractivity (Wildman–Crippen MR) is 138 cm³/mol. The van der Waals surface area contributed by atoms with Crippen molar-refractivity contribution in [3.8, 4) is 17.0 Å². The largest absolute Gasteiger partial charge is 0.573 e. The van der Waals surface area contributed by atoms with E-state index in [9.17, 15) is 27.2 Å². The number of carbonyl (C=O) groups excluding carboxylic acids is 2. The van der Waals surface area contributed by atoms with E-state index in [2.05, 4.69) is 25.3 Å². The predicted octanol–water partition coefficient (Wildman–Crippen LogP) is 4.61. The molecule has 2 N–H and O–H groups in total. The second-order valence-electron chi connectivity index (χ2n) is 9.13. The van der Waals surface area contributed by atoms with Crippen molar-refractivity contribution in [1.29, 1.82) is 0 Å². The van der Waals surface area contributed by atoms with Gasteiger partial charge in [0.1, 0.15) is 11.6 Å². The van der Waals surface area contributed by atoms with Gasteiger partial charge in [0.25, 0.3) is 5.91 Å². The van der Waals surface area contributed by atoms with Crippen LogP contribution in [0.5, 0.6) is 5.75 Å². The molecule has 4 rings (SSSR count). The molecule has 1 saturated heterocycles. The number of carbonyl (C=O) groups is 2. The number of hydrogen-bond acceptors (Lipinski definition) is 6. The number of amides is 2. The summed E-state index contributed by atoms with van der Waals surface area (Å²) in [6, 6.07) is 11.6. The summed E-state index contributed by atoms with van der Waals surface area (Å²) in [6.45, 7) is 4.52. The highest BCUT2D eigenvalue weighted by atomic mass is 19.4. The number of hydrogen-bond donors (Lipinski definition) is 2. The van der Waals surface area contributed by atoms with E-state index in [4.69, 9.17) is 0 Å². The molecule has 0 saturated carbocycles. The first-order valence-electron chi connectivity index (χ1n) is 12.2. The zero-order valence-electron chi connectivity index (χ0n) is 21.3. The summed E-state index contributed by atoms with van der Waals surface area (Å²) in [4.78, 5) is 34.4. The summed E-state index contributed by atoms with van der Waals surface area (Å²) >= 11 is 0. The van der Waals surface area contributed by atoms with E-state index in [-0.39, 0.29) is 22.5 Å². The van der Waals surface area contributed by atoms with Crippen LogP contribution in [0, 0.1) is 5.82 Å². The number of nitrogens with one attached hydrogen (secondary N) is 2. The molecule has 0 spiro atoms. The Morgan fingerprint density at radius 1 is 1.00 bits per heavy atom. The Balaban J connectivity index is 1.54. The minimum atomic E-state index is -4.95. The van der Waals surface area contributed by atoms with Gasteiger partial charge in [0.2, 0.25) is 5.91 Å². The summed E-state index contributed by atoms with van der Waals surface area (Å²) in [5.74, 6) is -2.21. The van der Waals surface area contributed by atoms with E-state index in [0.717, 1.165) is 31.3 Å². The highest BCUT2D eigenvalue weighted by molar-refractivity contribution is 6.10. The van der Waals surface area contributed by atoms with Crippen LogP contribution >= 0.6 is 0 Å². The fourth-order valence-corrected chi connectivity index (χ4v) is 4.13. The normalized spacial score (nSPS) is 15.4. The van der Waals surface area contributed by atoms with Crippen molar-refractivity contribution in [2.45, 2.75) is 19.3 Å². The molecule has 1 fully saturated rings. The first-order valence-corrected chi connectivity index (χ1v) is 12.2. The van der Waals surface area contributed by atoms with E-state index in [1.54, 1.807) is 25.1 Å². The summed E-state index contributed by atoms with van der Waals surface area (Å²) in [5.41, 5.74) is 0.678. The number of aromatic nitrogens is 1. The summed E-state index contributed by atoms with van der Waals surface area (Å²) in [7, 11) is 1.97. The summed E-state index contributed by atoms with van der Waals surface area (Å²) in [5, 5.41) is 5.19. The van der Waals surface area contributed by atoms with Gasteiger partial charge in [0.05, 0.1) is 34.9 Å². The average molecular weight is 546 g/mol. The van der Waals surface area contributed by atoms with Gasteiger partial charge in [0.15, 0.2) is 0 Å². The first-order chi connectivity index (χ1) is 18.5. The summed E-state index contributed by atoms with van der Waals surface area (Å²) in [6.07, 6.45) is -3.63. The minimum Gasteiger partial charge on any atom is -0.406 e. The fraction of sp³-hybridized carbons (Fsp3) is 0.296. The summed E-state index contributed by atoms with van der Waals surface area (Å²) < 4.78 is 56.6. The topological polar surface area (TPSA) is 86.8 Å². The minimum absolute atomic E-state index is 0.0818. The quantitative estimate of drug-likeness (QED) is 0.422. The Morgan fingerprint density at radius 2 is 1.72 bits per heavy atom. The third-order valence-corrected chi connectivity index (χ3v) is 6.36. The monoisotopic (exact) mass is 545 g/mol. The molecule has 1 aromatic heterocycles. The molecule has 1 aliphatic rings. The van der Waals surface area contributed by atoms with Gasteiger partial charge in [0, 0.05) is 37.8 Å². The number of halogens is 4. The lowest BCUT2D eigenvalue weighted by Crippen LogP contribution is -2.51. The third kappa shape index (κ3) is 7.30. The van der Waals surface area contributed by atoms with Gasteiger partial charge in [-0.15, -0.1) is 13.2 Å². The maximum atomic E-state index is 14.1. The van der Waals surface area contributed by atoms with Crippen LogP contribution in [0.4, 0.5) is 28.9 Å². The van der Waals surface area contributed by atoms with Gasteiger partial charge < -0.3 is 20.3 Å². The van der Waals surface area contributed by atoms with E-state index in [1.807, 2.05) is 11.9 Å². The van der Waals surface area contributed by atoms with E-state index >= 15 is 0 Å².